The van der Waals surface area contributed by atoms with Gasteiger partial charge in [0.2, 0.25) is 12.0 Å². The molecule has 154 valence electrons. The minimum Gasteiger partial charge on any atom is -0.472 e. The molecule has 2 heterocycles. The summed E-state index contributed by atoms with van der Waals surface area (Å²) in [4.78, 5) is 31.1. The molecule has 7 heteroatoms. The highest BCUT2D eigenvalue weighted by molar-refractivity contribution is 5.99. The Kier molecular flexibility index (Phi) is 7.58. The molecular weight excluding hydrogens is 370 g/mol. The third-order valence-electron chi connectivity index (χ3n) is 4.62. The van der Waals surface area contributed by atoms with E-state index in [9.17, 15) is 9.59 Å². The third kappa shape index (κ3) is 5.54. The second-order valence-electron chi connectivity index (χ2n) is 6.73. The van der Waals surface area contributed by atoms with Gasteiger partial charge in [-0.15, -0.1) is 0 Å². The standard InChI is InChI=1S/C22H27N3O4/c1-2-28-16-8-14-23-19(26)12-7-15-25-21-18(11-6-13-24-21)29-20(22(25)27)17-9-4-3-5-10-17/h3-6,9-11,13,20H,2,7-8,12,14-16H2,1H3,(H,23,26)/t20-/m1/s1. The van der Waals surface area contributed by atoms with Crippen LogP contribution in [0.3, 0.4) is 0 Å². The van der Waals surface area contributed by atoms with E-state index in [4.69, 9.17) is 9.47 Å². The lowest BCUT2D eigenvalue weighted by Crippen LogP contribution is -2.42. The van der Waals surface area contributed by atoms with Gasteiger partial charge in [-0.3, -0.25) is 14.5 Å². The van der Waals surface area contributed by atoms with E-state index < -0.39 is 6.10 Å². The lowest BCUT2D eigenvalue weighted by atomic mass is 10.1. The van der Waals surface area contributed by atoms with Gasteiger partial charge in [0.1, 0.15) is 0 Å². The van der Waals surface area contributed by atoms with Gasteiger partial charge >= 0.3 is 0 Å². The summed E-state index contributed by atoms with van der Waals surface area (Å²) >= 11 is 0. The molecule has 0 fully saturated rings. The van der Waals surface area contributed by atoms with Crippen LogP contribution in [0, 0.1) is 0 Å². The predicted molar refractivity (Wildman–Crippen MR) is 110 cm³/mol. The van der Waals surface area contributed by atoms with Crippen LogP contribution >= 0.6 is 0 Å². The predicted octanol–water partition coefficient (Wildman–Crippen LogP) is 2.87. The average molecular weight is 397 g/mol. The number of carbonyl (C=O) groups is 2. The van der Waals surface area contributed by atoms with E-state index in [-0.39, 0.29) is 11.8 Å². The number of amides is 2. The van der Waals surface area contributed by atoms with E-state index in [2.05, 4.69) is 10.3 Å². The van der Waals surface area contributed by atoms with Crippen LogP contribution in [-0.4, -0.2) is 43.1 Å². The van der Waals surface area contributed by atoms with Gasteiger partial charge in [-0.05, 0) is 31.9 Å². The van der Waals surface area contributed by atoms with Crippen molar-refractivity contribution in [3.8, 4) is 5.75 Å². The molecule has 1 aliphatic rings. The van der Waals surface area contributed by atoms with Gasteiger partial charge in [-0.25, -0.2) is 4.98 Å². The number of ether oxygens (including phenoxy) is 2. The van der Waals surface area contributed by atoms with Gasteiger partial charge in [0.25, 0.3) is 5.91 Å². The molecule has 0 saturated carbocycles. The number of aromatic nitrogens is 1. The summed E-state index contributed by atoms with van der Waals surface area (Å²) in [5, 5.41) is 2.88. The largest absolute Gasteiger partial charge is 0.472 e. The topological polar surface area (TPSA) is 80.8 Å². The fourth-order valence-electron chi connectivity index (χ4n) is 3.19. The molecule has 0 aliphatic carbocycles. The maximum atomic E-state index is 13.1. The lowest BCUT2D eigenvalue weighted by Gasteiger charge is -2.33. The van der Waals surface area contributed by atoms with Crippen molar-refractivity contribution in [2.24, 2.45) is 0 Å². The molecule has 0 radical (unpaired) electrons. The Hall–Kier alpha value is -2.93. The molecule has 1 aromatic carbocycles. The zero-order chi connectivity index (χ0) is 20.5. The third-order valence-corrected chi connectivity index (χ3v) is 4.62. The molecule has 0 spiro atoms. The summed E-state index contributed by atoms with van der Waals surface area (Å²) in [6.07, 6.45) is 2.60. The maximum absolute atomic E-state index is 13.1. The molecule has 3 rings (SSSR count). The fraction of sp³-hybridized carbons (Fsp3) is 0.409. The monoisotopic (exact) mass is 397 g/mol. The minimum absolute atomic E-state index is 0.0249. The molecule has 1 aromatic heterocycles. The van der Waals surface area contributed by atoms with Crippen LogP contribution in [0.25, 0.3) is 0 Å². The number of nitrogens with one attached hydrogen (secondary N) is 1. The Morgan fingerprint density at radius 1 is 1.21 bits per heavy atom. The number of anilines is 1. The van der Waals surface area contributed by atoms with Crippen molar-refractivity contribution in [2.45, 2.75) is 32.3 Å². The first-order valence-corrected chi connectivity index (χ1v) is 10.0. The Morgan fingerprint density at radius 3 is 2.83 bits per heavy atom. The Balaban J connectivity index is 1.59. The second kappa shape index (κ2) is 10.6. The van der Waals surface area contributed by atoms with Crippen molar-refractivity contribution in [2.75, 3.05) is 31.2 Å². The van der Waals surface area contributed by atoms with Gasteiger partial charge in [-0.2, -0.15) is 0 Å². The molecule has 0 saturated heterocycles. The van der Waals surface area contributed by atoms with Crippen LogP contribution in [0.5, 0.6) is 5.75 Å². The van der Waals surface area contributed by atoms with Crippen LogP contribution in [0.4, 0.5) is 5.82 Å². The summed E-state index contributed by atoms with van der Waals surface area (Å²) < 4.78 is 11.2. The quantitative estimate of drug-likeness (QED) is 0.624. The van der Waals surface area contributed by atoms with Gasteiger partial charge in [0.15, 0.2) is 11.6 Å². The van der Waals surface area contributed by atoms with Gasteiger partial charge in [-0.1, -0.05) is 30.3 Å². The molecule has 7 nitrogen and oxygen atoms in total. The highest BCUT2D eigenvalue weighted by Crippen LogP contribution is 2.37. The molecule has 1 atom stereocenters. The first-order chi connectivity index (χ1) is 14.2. The lowest BCUT2D eigenvalue weighted by molar-refractivity contribution is -0.127. The Labute approximate surface area is 171 Å². The van der Waals surface area contributed by atoms with Crippen molar-refractivity contribution in [1.29, 1.82) is 0 Å². The van der Waals surface area contributed by atoms with Crippen molar-refractivity contribution in [3.05, 3.63) is 54.2 Å². The second-order valence-corrected chi connectivity index (χ2v) is 6.73. The van der Waals surface area contributed by atoms with Crippen molar-refractivity contribution in [3.63, 3.8) is 0 Å². The molecule has 1 N–H and O–H groups in total. The van der Waals surface area contributed by atoms with Gasteiger partial charge < -0.3 is 14.8 Å². The number of rotatable bonds is 10. The maximum Gasteiger partial charge on any atom is 0.274 e. The summed E-state index contributed by atoms with van der Waals surface area (Å²) in [5.74, 6) is 0.880. The van der Waals surface area contributed by atoms with Crippen LogP contribution < -0.4 is 15.0 Å². The zero-order valence-corrected chi connectivity index (χ0v) is 16.7. The molecule has 0 unspecified atom stereocenters. The zero-order valence-electron chi connectivity index (χ0n) is 16.7. The molecular formula is C22H27N3O4. The first kappa shape index (κ1) is 20.8. The van der Waals surface area contributed by atoms with Crippen LogP contribution in [0.15, 0.2) is 48.7 Å². The average Bonchev–Trinajstić information content (AvgIpc) is 2.75. The Morgan fingerprint density at radius 2 is 2.03 bits per heavy atom. The normalized spacial score (nSPS) is 15.6. The van der Waals surface area contributed by atoms with Crippen LogP contribution in [0.2, 0.25) is 0 Å². The molecule has 0 bridgehead atoms. The number of fused-ring (bicyclic) bond motifs is 1. The smallest absolute Gasteiger partial charge is 0.274 e. The number of hydrogen-bond donors (Lipinski definition) is 1. The van der Waals surface area contributed by atoms with E-state index in [1.54, 1.807) is 17.2 Å². The minimum atomic E-state index is -0.708. The summed E-state index contributed by atoms with van der Waals surface area (Å²) in [6.45, 7) is 4.27. The SMILES string of the molecule is CCOCCCNC(=O)CCCN1C(=O)[C@@H](c2ccccc2)Oc2cccnc21. The van der Waals surface area contributed by atoms with Crippen molar-refractivity contribution >= 4 is 17.6 Å². The van der Waals surface area contributed by atoms with Crippen molar-refractivity contribution in [1.82, 2.24) is 10.3 Å². The summed E-state index contributed by atoms with van der Waals surface area (Å²) in [7, 11) is 0. The molecule has 2 amide bonds. The van der Waals surface area contributed by atoms with E-state index in [0.29, 0.717) is 50.7 Å². The number of nitrogens with zero attached hydrogens (tertiary/aromatic N) is 2. The van der Waals surface area contributed by atoms with Crippen LogP contribution in [-0.2, 0) is 14.3 Å². The molecule has 29 heavy (non-hydrogen) atoms. The summed E-state index contributed by atoms with van der Waals surface area (Å²) in [5.41, 5.74) is 0.795. The highest BCUT2D eigenvalue weighted by atomic mass is 16.5. The van der Waals surface area contributed by atoms with E-state index >= 15 is 0 Å². The van der Waals surface area contributed by atoms with E-state index in [1.807, 2.05) is 43.3 Å². The fourth-order valence-corrected chi connectivity index (χ4v) is 3.19. The number of hydrogen-bond acceptors (Lipinski definition) is 5. The molecule has 2 aromatic rings. The summed E-state index contributed by atoms with van der Waals surface area (Å²) in [6, 6.07) is 13.0. The van der Waals surface area contributed by atoms with Crippen molar-refractivity contribution < 1.29 is 19.1 Å². The van der Waals surface area contributed by atoms with E-state index in [0.717, 1.165) is 12.0 Å². The van der Waals surface area contributed by atoms with Gasteiger partial charge in [0, 0.05) is 44.5 Å². The first-order valence-electron chi connectivity index (χ1n) is 10.0. The molecule has 1 aliphatic heterocycles. The number of pyridine rings is 1. The number of carbonyl (C=O) groups excluding carboxylic acids is 2. The Bertz CT molecular complexity index is 813. The van der Waals surface area contributed by atoms with Gasteiger partial charge in [0.05, 0.1) is 0 Å². The number of benzene rings is 1. The van der Waals surface area contributed by atoms with Crippen LogP contribution in [0.1, 0.15) is 37.9 Å². The highest BCUT2D eigenvalue weighted by Gasteiger charge is 2.36. The van der Waals surface area contributed by atoms with E-state index in [1.165, 1.54) is 0 Å².